The summed E-state index contributed by atoms with van der Waals surface area (Å²) in [5.74, 6) is 0.923. The van der Waals surface area contributed by atoms with Crippen molar-refractivity contribution in [2.24, 2.45) is 0 Å². The van der Waals surface area contributed by atoms with E-state index in [-0.39, 0.29) is 17.6 Å². The van der Waals surface area contributed by atoms with Crippen molar-refractivity contribution in [3.63, 3.8) is 0 Å². The number of benzene rings is 2. The predicted octanol–water partition coefficient (Wildman–Crippen LogP) is 4.26. The van der Waals surface area contributed by atoms with E-state index < -0.39 is 0 Å². The number of rotatable bonds is 3. The van der Waals surface area contributed by atoms with Crippen LogP contribution < -0.4 is 10.1 Å². The average molecular weight is 323 g/mol. The lowest BCUT2D eigenvalue weighted by molar-refractivity contribution is -0.121. The Kier molecular flexibility index (Phi) is 4.35. The predicted molar refractivity (Wildman–Crippen MR) is 96.3 cm³/mol. The van der Waals surface area contributed by atoms with Crippen molar-refractivity contribution in [3.8, 4) is 5.75 Å². The van der Waals surface area contributed by atoms with Crippen LogP contribution in [0.2, 0.25) is 0 Å². The maximum absolute atomic E-state index is 12.5. The van der Waals surface area contributed by atoms with Gasteiger partial charge in [-0.25, -0.2) is 0 Å². The van der Waals surface area contributed by atoms with Crippen LogP contribution in [0.4, 0.5) is 0 Å². The van der Waals surface area contributed by atoms with Crippen molar-refractivity contribution in [2.75, 3.05) is 0 Å². The van der Waals surface area contributed by atoms with Gasteiger partial charge < -0.3 is 10.1 Å². The van der Waals surface area contributed by atoms with Gasteiger partial charge in [-0.05, 0) is 39.3 Å². The molecule has 126 valence electrons. The van der Waals surface area contributed by atoms with Crippen molar-refractivity contribution in [1.29, 1.82) is 0 Å². The van der Waals surface area contributed by atoms with E-state index in [2.05, 4.69) is 32.2 Å². The van der Waals surface area contributed by atoms with Gasteiger partial charge in [0.05, 0.1) is 12.5 Å². The number of carbonyl (C=O) groups is 1. The molecular formula is C21H25NO2. The Hall–Kier alpha value is -2.29. The molecule has 0 aliphatic carbocycles. The summed E-state index contributed by atoms with van der Waals surface area (Å²) in [5, 5.41) is 3.20. The second-order valence-corrected chi connectivity index (χ2v) is 7.39. The molecule has 0 fully saturated rings. The first kappa shape index (κ1) is 16.6. The molecular weight excluding hydrogens is 298 g/mol. The highest BCUT2D eigenvalue weighted by molar-refractivity contribution is 5.79. The molecule has 1 amide bonds. The summed E-state index contributed by atoms with van der Waals surface area (Å²) in [5.41, 5.74) is 4.20. The maximum Gasteiger partial charge on any atom is 0.224 e. The molecule has 1 unspecified atom stereocenters. The summed E-state index contributed by atoms with van der Waals surface area (Å²) >= 11 is 0. The van der Waals surface area contributed by atoms with Crippen molar-refractivity contribution in [1.82, 2.24) is 5.32 Å². The largest absolute Gasteiger partial charge is 0.487 e. The Balaban J connectivity index is 1.77. The first-order valence-electron chi connectivity index (χ1n) is 8.47. The summed E-state index contributed by atoms with van der Waals surface area (Å²) in [7, 11) is 0. The number of aryl methyl sites for hydroxylation is 2. The zero-order valence-corrected chi connectivity index (χ0v) is 14.8. The van der Waals surface area contributed by atoms with Crippen LogP contribution in [0.15, 0.2) is 42.5 Å². The second kappa shape index (κ2) is 6.31. The molecule has 0 bridgehead atoms. The normalized spacial score (nSPS) is 18.4. The van der Waals surface area contributed by atoms with E-state index in [0.717, 1.165) is 23.3 Å². The van der Waals surface area contributed by atoms with E-state index in [1.807, 2.05) is 43.3 Å². The third-order valence-corrected chi connectivity index (χ3v) is 4.44. The number of hydrogen-bond acceptors (Lipinski definition) is 2. The molecule has 1 N–H and O–H groups in total. The molecule has 1 heterocycles. The zero-order chi connectivity index (χ0) is 17.3. The number of carbonyl (C=O) groups excluding carboxylic acids is 1. The minimum atomic E-state index is -0.288. The fourth-order valence-electron chi connectivity index (χ4n) is 3.24. The Morgan fingerprint density at radius 3 is 2.50 bits per heavy atom. The van der Waals surface area contributed by atoms with E-state index >= 15 is 0 Å². The molecule has 0 spiro atoms. The number of nitrogens with one attached hydrogen (secondary N) is 1. The van der Waals surface area contributed by atoms with E-state index in [0.29, 0.717) is 6.42 Å². The topological polar surface area (TPSA) is 38.3 Å². The van der Waals surface area contributed by atoms with Gasteiger partial charge in [0, 0.05) is 12.0 Å². The molecule has 1 atom stereocenters. The summed E-state index contributed by atoms with van der Waals surface area (Å²) in [6, 6.07) is 14.3. The summed E-state index contributed by atoms with van der Waals surface area (Å²) in [6.07, 6.45) is 1.17. The molecule has 1 aliphatic heterocycles. The minimum Gasteiger partial charge on any atom is -0.487 e. The van der Waals surface area contributed by atoms with Gasteiger partial charge in [0.25, 0.3) is 0 Å². The molecule has 3 nitrogen and oxygen atoms in total. The number of ether oxygens (including phenoxy) is 1. The highest BCUT2D eigenvalue weighted by Crippen LogP contribution is 2.39. The van der Waals surface area contributed by atoms with Gasteiger partial charge >= 0.3 is 0 Å². The van der Waals surface area contributed by atoms with Crippen LogP contribution >= 0.6 is 0 Å². The molecule has 24 heavy (non-hydrogen) atoms. The summed E-state index contributed by atoms with van der Waals surface area (Å²) < 4.78 is 6.07. The Morgan fingerprint density at radius 1 is 1.12 bits per heavy atom. The van der Waals surface area contributed by atoms with Gasteiger partial charge in [0.2, 0.25) is 5.91 Å². The molecule has 0 radical (unpaired) electrons. The van der Waals surface area contributed by atoms with Crippen molar-refractivity contribution in [2.45, 2.75) is 52.2 Å². The summed E-state index contributed by atoms with van der Waals surface area (Å²) in [4.78, 5) is 12.5. The van der Waals surface area contributed by atoms with Crippen molar-refractivity contribution < 1.29 is 9.53 Å². The summed E-state index contributed by atoms with van der Waals surface area (Å²) in [6.45, 7) is 8.24. The lowest BCUT2D eigenvalue weighted by Gasteiger charge is -2.38. The van der Waals surface area contributed by atoms with E-state index in [9.17, 15) is 4.79 Å². The Morgan fingerprint density at radius 2 is 1.79 bits per heavy atom. The molecule has 3 rings (SSSR count). The number of fused-ring (bicyclic) bond motifs is 1. The van der Waals surface area contributed by atoms with Crippen LogP contribution in [0.5, 0.6) is 5.75 Å². The Bertz CT molecular complexity index is 747. The van der Waals surface area contributed by atoms with Gasteiger partial charge in [-0.15, -0.1) is 0 Å². The lowest BCUT2D eigenvalue weighted by Crippen LogP contribution is -2.41. The van der Waals surface area contributed by atoms with Gasteiger partial charge in [0.15, 0.2) is 0 Å². The third kappa shape index (κ3) is 3.78. The first-order chi connectivity index (χ1) is 11.3. The molecule has 0 saturated carbocycles. The molecule has 0 saturated heterocycles. The van der Waals surface area contributed by atoms with Gasteiger partial charge in [-0.1, -0.05) is 47.5 Å². The quantitative estimate of drug-likeness (QED) is 0.916. The molecule has 2 aromatic rings. The lowest BCUT2D eigenvalue weighted by atomic mass is 9.89. The maximum atomic E-state index is 12.5. The van der Waals surface area contributed by atoms with E-state index in [4.69, 9.17) is 4.74 Å². The average Bonchev–Trinajstić information content (AvgIpc) is 2.49. The molecule has 1 aliphatic rings. The van der Waals surface area contributed by atoms with Crippen LogP contribution in [0.25, 0.3) is 0 Å². The zero-order valence-electron chi connectivity index (χ0n) is 14.8. The van der Waals surface area contributed by atoms with Crippen LogP contribution in [-0.2, 0) is 11.2 Å². The Labute approximate surface area is 144 Å². The van der Waals surface area contributed by atoms with Crippen LogP contribution in [-0.4, -0.2) is 11.5 Å². The third-order valence-electron chi connectivity index (χ3n) is 4.44. The SMILES string of the molecule is Cc1ccc(CC(=O)NC2CC(C)(C)Oc3ccc(C)cc32)cc1. The number of amides is 1. The van der Waals surface area contributed by atoms with Crippen molar-refractivity contribution >= 4 is 5.91 Å². The monoisotopic (exact) mass is 323 g/mol. The van der Waals surface area contributed by atoms with Gasteiger partial charge in [-0.2, -0.15) is 0 Å². The van der Waals surface area contributed by atoms with Crippen molar-refractivity contribution in [3.05, 3.63) is 64.7 Å². The standard InChI is InChI=1S/C21H25NO2/c1-14-5-8-16(9-6-14)12-20(23)22-18-13-21(3,4)24-19-10-7-15(2)11-17(18)19/h5-11,18H,12-13H2,1-4H3,(H,22,23). The molecule has 2 aromatic carbocycles. The molecule has 3 heteroatoms. The van der Waals surface area contributed by atoms with Gasteiger partial charge in [-0.3, -0.25) is 4.79 Å². The number of hydrogen-bond donors (Lipinski definition) is 1. The minimum absolute atomic E-state index is 0.0124. The van der Waals surface area contributed by atoms with Crippen LogP contribution in [0, 0.1) is 13.8 Å². The van der Waals surface area contributed by atoms with E-state index in [1.165, 1.54) is 11.1 Å². The first-order valence-corrected chi connectivity index (χ1v) is 8.47. The highest BCUT2D eigenvalue weighted by Gasteiger charge is 2.34. The highest BCUT2D eigenvalue weighted by atomic mass is 16.5. The van der Waals surface area contributed by atoms with E-state index in [1.54, 1.807) is 0 Å². The molecule has 0 aromatic heterocycles. The van der Waals surface area contributed by atoms with Gasteiger partial charge in [0.1, 0.15) is 11.4 Å². The van der Waals surface area contributed by atoms with Crippen LogP contribution in [0.3, 0.4) is 0 Å². The van der Waals surface area contributed by atoms with Crippen LogP contribution in [0.1, 0.15) is 48.6 Å². The fourth-order valence-corrected chi connectivity index (χ4v) is 3.24. The smallest absolute Gasteiger partial charge is 0.224 e. The fraction of sp³-hybridized carbons (Fsp3) is 0.381. The second-order valence-electron chi connectivity index (χ2n) is 7.39.